The number of rotatable bonds is 8. The van der Waals surface area contributed by atoms with Gasteiger partial charge in [-0.05, 0) is 31.2 Å². The Morgan fingerprint density at radius 3 is 2.56 bits per heavy atom. The molecule has 3 aromatic heterocycles. The number of nitrogens with zero attached hydrogens (tertiary/aromatic N) is 5. The van der Waals surface area contributed by atoms with Gasteiger partial charge < -0.3 is 14.8 Å². The lowest BCUT2D eigenvalue weighted by Crippen LogP contribution is -2.07. The lowest BCUT2D eigenvalue weighted by atomic mass is 10.1. The van der Waals surface area contributed by atoms with Gasteiger partial charge in [-0.3, -0.25) is 9.67 Å². The number of para-hydroxylation sites is 1. The molecule has 5 aromatic rings. The second kappa shape index (κ2) is 9.95. The lowest BCUT2D eigenvalue weighted by molar-refractivity contribution is 0.313. The fourth-order valence-corrected chi connectivity index (χ4v) is 3.83. The van der Waals surface area contributed by atoms with Crippen LogP contribution in [0.1, 0.15) is 12.5 Å². The minimum absolute atomic E-state index is 0.00789. The van der Waals surface area contributed by atoms with Crippen LogP contribution in [0.15, 0.2) is 67.1 Å². The Balaban J connectivity index is 1.55. The first kappa shape index (κ1) is 23.2. The van der Waals surface area contributed by atoms with Crippen molar-refractivity contribution in [2.45, 2.75) is 13.5 Å². The van der Waals surface area contributed by atoms with Gasteiger partial charge in [0, 0.05) is 29.0 Å². The first-order chi connectivity index (χ1) is 17.6. The van der Waals surface area contributed by atoms with E-state index in [4.69, 9.17) is 9.47 Å². The molecule has 0 radical (unpaired) electrons. The lowest BCUT2D eigenvalue weighted by Gasteiger charge is -2.10. The maximum atomic E-state index is 14.8. The number of aromatic nitrogens is 5. The zero-order valence-corrected chi connectivity index (χ0v) is 19.6. The molecule has 182 valence electrons. The van der Waals surface area contributed by atoms with Crippen molar-refractivity contribution < 1.29 is 18.3 Å². The van der Waals surface area contributed by atoms with E-state index in [0.29, 0.717) is 23.1 Å². The number of fused-ring (bicyclic) bond motifs is 1. The number of pyridine rings is 1. The quantitative estimate of drug-likeness (QED) is 0.314. The van der Waals surface area contributed by atoms with E-state index in [1.807, 2.05) is 24.3 Å². The van der Waals surface area contributed by atoms with Crippen molar-refractivity contribution in [2.75, 3.05) is 19.0 Å². The zero-order valence-electron chi connectivity index (χ0n) is 19.6. The molecule has 3 heterocycles. The van der Waals surface area contributed by atoms with Gasteiger partial charge in [0.25, 0.3) is 0 Å². The van der Waals surface area contributed by atoms with Crippen molar-refractivity contribution in [2.24, 2.45) is 0 Å². The smallest absolute Gasteiger partial charge is 0.200 e. The molecular formula is C26H22F2N6O2. The summed E-state index contributed by atoms with van der Waals surface area (Å²) < 4.78 is 41.4. The van der Waals surface area contributed by atoms with E-state index < -0.39 is 11.6 Å². The summed E-state index contributed by atoms with van der Waals surface area (Å²) in [6.07, 6.45) is 4.88. The Morgan fingerprint density at radius 2 is 1.78 bits per heavy atom. The maximum absolute atomic E-state index is 14.8. The molecular weight excluding hydrogens is 466 g/mol. The number of nitrogens with one attached hydrogen (secondary N) is 1. The van der Waals surface area contributed by atoms with Gasteiger partial charge in [-0.25, -0.2) is 14.4 Å². The van der Waals surface area contributed by atoms with Crippen LogP contribution in [0, 0.1) is 11.6 Å². The number of benzene rings is 2. The largest absolute Gasteiger partial charge is 0.491 e. The fraction of sp³-hybridized carbons (Fsp3) is 0.154. The zero-order chi connectivity index (χ0) is 25.1. The van der Waals surface area contributed by atoms with Crippen molar-refractivity contribution in [3.05, 3.63) is 84.3 Å². The van der Waals surface area contributed by atoms with E-state index in [0.717, 1.165) is 16.6 Å². The van der Waals surface area contributed by atoms with Gasteiger partial charge in [0.15, 0.2) is 29.0 Å². The summed E-state index contributed by atoms with van der Waals surface area (Å²) in [6.45, 7) is 1.96. The Bertz CT molecular complexity index is 1520. The molecule has 0 atom stereocenters. The Hall–Kier alpha value is -4.60. The molecule has 0 saturated carbocycles. The van der Waals surface area contributed by atoms with Crippen LogP contribution >= 0.6 is 0 Å². The van der Waals surface area contributed by atoms with Crippen LogP contribution in [0.4, 0.5) is 20.3 Å². The number of anilines is 2. The molecule has 0 aliphatic rings. The average Bonchev–Trinajstić information content (AvgIpc) is 3.27. The van der Waals surface area contributed by atoms with Gasteiger partial charge in [0.05, 0.1) is 32.0 Å². The normalized spacial score (nSPS) is 11.0. The van der Waals surface area contributed by atoms with Gasteiger partial charge in [0.2, 0.25) is 5.82 Å². The van der Waals surface area contributed by atoms with Crippen LogP contribution in [0.3, 0.4) is 0 Å². The van der Waals surface area contributed by atoms with Crippen molar-refractivity contribution in [1.29, 1.82) is 0 Å². The van der Waals surface area contributed by atoms with Crippen LogP contribution in [0.25, 0.3) is 22.4 Å². The first-order valence-corrected chi connectivity index (χ1v) is 11.2. The van der Waals surface area contributed by atoms with E-state index >= 15 is 0 Å². The number of methoxy groups -OCH3 is 1. The van der Waals surface area contributed by atoms with Gasteiger partial charge in [-0.15, -0.1) is 0 Å². The molecule has 0 aliphatic heterocycles. The standard InChI is InChI=1S/C26H22F2N6O2/c1-3-36-20-9-8-16(22(27)23(20)28)15-34-19-7-5-4-6-18(19)24(33-34)26-30-14-21(35-2)25(32-26)31-17-10-12-29-13-11-17/h4-14H,3,15H2,1-2H3,(H,29,30,31,32). The van der Waals surface area contributed by atoms with Crippen molar-refractivity contribution >= 4 is 22.4 Å². The summed E-state index contributed by atoms with van der Waals surface area (Å²) in [7, 11) is 1.53. The van der Waals surface area contributed by atoms with Gasteiger partial charge >= 0.3 is 0 Å². The van der Waals surface area contributed by atoms with Gasteiger partial charge in [-0.1, -0.05) is 24.3 Å². The van der Waals surface area contributed by atoms with Crippen molar-refractivity contribution in [1.82, 2.24) is 24.7 Å². The second-order valence-electron chi connectivity index (χ2n) is 7.78. The molecule has 0 saturated heterocycles. The molecule has 2 aromatic carbocycles. The van der Waals surface area contributed by atoms with Crippen LogP contribution in [-0.4, -0.2) is 38.4 Å². The monoisotopic (exact) mass is 488 g/mol. The summed E-state index contributed by atoms with van der Waals surface area (Å²) in [4.78, 5) is 13.1. The van der Waals surface area contributed by atoms with Crippen molar-refractivity contribution in [3.63, 3.8) is 0 Å². The van der Waals surface area contributed by atoms with E-state index in [-0.39, 0.29) is 24.5 Å². The van der Waals surface area contributed by atoms with E-state index in [1.165, 1.54) is 19.2 Å². The Labute approximate surface area is 205 Å². The molecule has 0 unspecified atom stereocenters. The van der Waals surface area contributed by atoms with E-state index in [2.05, 4.69) is 25.4 Å². The molecule has 5 rings (SSSR count). The van der Waals surface area contributed by atoms with Crippen LogP contribution in [0.5, 0.6) is 11.5 Å². The minimum atomic E-state index is -1.02. The van der Waals surface area contributed by atoms with Crippen LogP contribution in [0.2, 0.25) is 0 Å². The number of hydrogen-bond donors (Lipinski definition) is 1. The molecule has 10 heteroatoms. The maximum Gasteiger partial charge on any atom is 0.200 e. The van der Waals surface area contributed by atoms with Crippen LogP contribution in [-0.2, 0) is 6.54 Å². The molecule has 36 heavy (non-hydrogen) atoms. The highest BCUT2D eigenvalue weighted by atomic mass is 19.2. The summed E-state index contributed by atoms with van der Waals surface area (Å²) in [5.41, 5.74) is 2.14. The predicted molar refractivity (Wildman–Crippen MR) is 131 cm³/mol. The highest BCUT2D eigenvalue weighted by Gasteiger charge is 2.20. The molecule has 0 bridgehead atoms. The third-order valence-corrected chi connectivity index (χ3v) is 5.53. The number of ether oxygens (including phenoxy) is 2. The summed E-state index contributed by atoms with van der Waals surface area (Å²) in [5, 5.41) is 8.65. The fourth-order valence-electron chi connectivity index (χ4n) is 3.83. The van der Waals surface area contributed by atoms with Crippen LogP contribution < -0.4 is 14.8 Å². The van der Waals surface area contributed by atoms with Crippen molar-refractivity contribution in [3.8, 4) is 23.0 Å². The summed E-state index contributed by atoms with van der Waals surface area (Å²) in [6, 6.07) is 14.0. The summed E-state index contributed by atoms with van der Waals surface area (Å²) in [5.74, 6) is -0.854. The highest BCUT2D eigenvalue weighted by Crippen LogP contribution is 2.31. The third-order valence-electron chi connectivity index (χ3n) is 5.53. The third kappa shape index (κ3) is 4.40. The first-order valence-electron chi connectivity index (χ1n) is 11.2. The molecule has 0 aliphatic carbocycles. The van der Waals surface area contributed by atoms with Gasteiger partial charge in [0.1, 0.15) is 5.69 Å². The topological polar surface area (TPSA) is 87.0 Å². The minimum Gasteiger partial charge on any atom is -0.491 e. The highest BCUT2D eigenvalue weighted by molar-refractivity contribution is 5.92. The average molecular weight is 488 g/mol. The molecule has 0 spiro atoms. The summed E-state index contributed by atoms with van der Waals surface area (Å²) >= 11 is 0. The number of halogens is 2. The Morgan fingerprint density at radius 1 is 0.972 bits per heavy atom. The molecule has 0 amide bonds. The molecule has 0 fully saturated rings. The van der Waals surface area contributed by atoms with E-state index in [9.17, 15) is 8.78 Å². The Kier molecular flexibility index (Phi) is 6.40. The predicted octanol–water partition coefficient (Wildman–Crippen LogP) is 5.37. The second-order valence-corrected chi connectivity index (χ2v) is 7.78. The number of hydrogen-bond acceptors (Lipinski definition) is 7. The van der Waals surface area contributed by atoms with E-state index in [1.54, 1.807) is 42.3 Å². The molecule has 8 nitrogen and oxygen atoms in total. The SMILES string of the molecule is CCOc1ccc(Cn2nc(-c3ncc(OC)c(Nc4ccncc4)n3)c3ccccc32)c(F)c1F. The van der Waals surface area contributed by atoms with Gasteiger partial charge in [-0.2, -0.15) is 9.49 Å². The molecule has 1 N–H and O–H groups in total.